The highest BCUT2D eigenvalue weighted by atomic mass is 16.7. The Kier molecular flexibility index (Phi) is 3.09. The molecule has 2 heterocycles. The topological polar surface area (TPSA) is 83.4 Å². The summed E-state index contributed by atoms with van der Waals surface area (Å²) in [4.78, 5) is 26.7. The van der Waals surface area contributed by atoms with E-state index in [-0.39, 0.29) is 24.1 Å². The van der Waals surface area contributed by atoms with Crippen LogP contribution in [0.1, 0.15) is 19.4 Å². The average Bonchev–Trinajstić information content (AvgIpc) is 2.95. The molecule has 2 aliphatic rings. The van der Waals surface area contributed by atoms with Crippen molar-refractivity contribution in [3.8, 4) is 17.2 Å². The van der Waals surface area contributed by atoms with Gasteiger partial charge in [-0.1, -0.05) is 0 Å². The fourth-order valence-electron chi connectivity index (χ4n) is 1.96. The van der Waals surface area contributed by atoms with Gasteiger partial charge >= 0.3 is 11.9 Å². The molecule has 0 radical (unpaired) electrons. The highest BCUT2D eigenvalue weighted by Crippen LogP contribution is 2.39. The summed E-state index contributed by atoms with van der Waals surface area (Å²) in [6.45, 7) is 2.95. The van der Waals surface area contributed by atoms with Crippen LogP contribution in [0.15, 0.2) is 22.8 Å². The quantitative estimate of drug-likeness (QED) is 0.467. The predicted molar refractivity (Wildman–Crippen MR) is 71.1 cm³/mol. The monoisotopic (exact) mass is 289 g/mol. The molecule has 0 atom stereocenters. The van der Waals surface area contributed by atoms with Crippen molar-refractivity contribution < 1.29 is 28.5 Å². The normalized spacial score (nSPS) is 17.7. The first kappa shape index (κ1) is 13.2. The molecule has 0 aliphatic carbocycles. The van der Waals surface area contributed by atoms with E-state index < -0.39 is 11.9 Å². The van der Waals surface area contributed by atoms with Crippen molar-refractivity contribution in [3.05, 3.63) is 23.4 Å². The molecule has 0 saturated heterocycles. The zero-order valence-corrected chi connectivity index (χ0v) is 11.3. The number of nitrogens with zero attached hydrogens (tertiary/aromatic N) is 1. The molecule has 0 fully saturated rings. The number of cyclic esters (lactones) is 1. The smallest absolute Gasteiger partial charge is 0.363 e. The van der Waals surface area contributed by atoms with Crippen molar-refractivity contribution in [2.24, 2.45) is 4.99 Å². The number of carbonyl (C=O) groups excluding carboxylic acids is 2. The zero-order valence-electron chi connectivity index (χ0n) is 11.3. The summed E-state index contributed by atoms with van der Waals surface area (Å²) in [7, 11) is 0. The van der Waals surface area contributed by atoms with Gasteiger partial charge < -0.3 is 18.9 Å². The van der Waals surface area contributed by atoms with Crippen LogP contribution in [0.25, 0.3) is 6.08 Å². The molecular weight excluding hydrogens is 278 g/mol. The van der Waals surface area contributed by atoms with Gasteiger partial charge in [0.25, 0.3) is 0 Å². The van der Waals surface area contributed by atoms with Crippen LogP contribution >= 0.6 is 0 Å². The Bertz CT molecular complexity index is 704. The minimum atomic E-state index is -0.557. The van der Waals surface area contributed by atoms with Gasteiger partial charge in [-0.25, -0.2) is 9.79 Å². The van der Waals surface area contributed by atoms with E-state index in [9.17, 15) is 9.59 Å². The second-order valence-corrected chi connectivity index (χ2v) is 4.39. The summed E-state index contributed by atoms with van der Waals surface area (Å²) in [6, 6.07) is 3.15. The second kappa shape index (κ2) is 4.93. The average molecular weight is 289 g/mol. The lowest BCUT2D eigenvalue weighted by atomic mass is 10.1. The van der Waals surface area contributed by atoms with Gasteiger partial charge in [0.15, 0.2) is 23.1 Å². The number of rotatable bonds is 2. The molecule has 7 heteroatoms. The first-order valence-corrected chi connectivity index (χ1v) is 6.14. The number of ether oxygens (including phenoxy) is 4. The number of hydrogen-bond donors (Lipinski definition) is 0. The summed E-state index contributed by atoms with van der Waals surface area (Å²) >= 11 is 0. The molecule has 0 amide bonds. The fraction of sp³-hybridized carbons (Fsp3) is 0.214. The molecule has 0 unspecified atom stereocenters. The van der Waals surface area contributed by atoms with Crippen LogP contribution in [-0.4, -0.2) is 24.6 Å². The maximum absolute atomic E-state index is 11.6. The van der Waals surface area contributed by atoms with Crippen molar-refractivity contribution >= 4 is 23.9 Å². The second-order valence-electron chi connectivity index (χ2n) is 4.39. The van der Waals surface area contributed by atoms with Crippen LogP contribution < -0.4 is 14.2 Å². The number of fused-ring (bicyclic) bond motifs is 1. The molecule has 1 aromatic rings. The van der Waals surface area contributed by atoms with Crippen molar-refractivity contribution in [2.75, 3.05) is 6.79 Å². The van der Waals surface area contributed by atoms with Gasteiger partial charge in [0.2, 0.25) is 6.79 Å². The lowest BCUT2D eigenvalue weighted by Crippen LogP contribution is -2.03. The predicted octanol–water partition coefficient (Wildman–Crippen LogP) is 1.66. The number of hydrogen-bond acceptors (Lipinski definition) is 7. The van der Waals surface area contributed by atoms with Crippen LogP contribution in [0.5, 0.6) is 17.2 Å². The molecule has 3 rings (SSSR count). The Balaban J connectivity index is 2.06. The highest BCUT2D eigenvalue weighted by molar-refractivity contribution is 6.06. The van der Waals surface area contributed by atoms with E-state index >= 15 is 0 Å². The Hall–Kier alpha value is -2.83. The summed E-state index contributed by atoms with van der Waals surface area (Å²) < 4.78 is 20.5. The number of esters is 2. The zero-order chi connectivity index (χ0) is 15.0. The van der Waals surface area contributed by atoms with Crippen molar-refractivity contribution in [1.29, 1.82) is 0 Å². The first-order valence-electron chi connectivity index (χ1n) is 6.14. The number of carbonyl (C=O) groups is 2. The largest absolute Gasteiger partial charge is 0.454 e. The molecule has 108 valence electrons. The third-order valence-electron chi connectivity index (χ3n) is 2.78. The van der Waals surface area contributed by atoms with E-state index in [1.165, 1.54) is 19.1 Å². The van der Waals surface area contributed by atoms with Gasteiger partial charge in [0.05, 0.1) is 0 Å². The van der Waals surface area contributed by atoms with Gasteiger partial charge in [-0.15, -0.1) is 0 Å². The summed E-state index contributed by atoms with van der Waals surface area (Å²) in [5.41, 5.74) is 0.597. The fourth-order valence-corrected chi connectivity index (χ4v) is 1.96. The minimum absolute atomic E-state index is 0.0914. The molecular formula is C14H11NO6. The van der Waals surface area contributed by atoms with E-state index in [1.54, 1.807) is 13.0 Å². The van der Waals surface area contributed by atoms with Crippen LogP contribution in [0, 0.1) is 0 Å². The summed E-state index contributed by atoms with van der Waals surface area (Å²) in [5, 5.41) is 0. The van der Waals surface area contributed by atoms with Crippen LogP contribution in [0.2, 0.25) is 0 Å². The van der Waals surface area contributed by atoms with Crippen LogP contribution in [-0.2, 0) is 14.3 Å². The Labute approximate surface area is 119 Å². The van der Waals surface area contributed by atoms with Gasteiger partial charge in [-0.3, -0.25) is 4.79 Å². The van der Waals surface area contributed by atoms with E-state index in [2.05, 4.69) is 4.99 Å². The molecule has 1 aromatic carbocycles. The minimum Gasteiger partial charge on any atom is -0.454 e. The third kappa shape index (κ3) is 2.58. The van der Waals surface area contributed by atoms with Gasteiger partial charge in [-0.2, -0.15) is 0 Å². The third-order valence-corrected chi connectivity index (χ3v) is 2.78. The molecule has 2 aliphatic heterocycles. The molecule has 0 saturated carbocycles. The molecule has 7 nitrogen and oxygen atoms in total. The molecule has 21 heavy (non-hydrogen) atoms. The number of aliphatic imine (C=N–C) groups is 1. The Morgan fingerprint density at radius 2 is 2.05 bits per heavy atom. The lowest BCUT2D eigenvalue weighted by molar-refractivity contribution is -0.132. The lowest BCUT2D eigenvalue weighted by Gasteiger charge is -2.07. The molecule has 0 aromatic heterocycles. The molecule has 0 N–H and O–H groups in total. The Morgan fingerprint density at radius 3 is 2.67 bits per heavy atom. The van der Waals surface area contributed by atoms with E-state index in [0.29, 0.717) is 17.1 Å². The maximum Gasteiger partial charge on any atom is 0.363 e. The van der Waals surface area contributed by atoms with Crippen LogP contribution in [0.3, 0.4) is 0 Å². The molecule has 0 bridgehead atoms. The standard InChI is InChI=1S/C14H11NO6/c1-7-15-10(14(17)20-7)3-9-4-12-13(19-6-18-12)5-11(9)21-8(2)16/h3-5H,6H2,1-2H3/b10-3-. The van der Waals surface area contributed by atoms with Crippen LogP contribution in [0.4, 0.5) is 0 Å². The van der Waals surface area contributed by atoms with E-state index in [1.807, 2.05) is 0 Å². The highest BCUT2D eigenvalue weighted by Gasteiger charge is 2.23. The van der Waals surface area contributed by atoms with Gasteiger partial charge in [-0.05, 0) is 12.1 Å². The molecule has 0 spiro atoms. The van der Waals surface area contributed by atoms with Crippen molar-refractivity contribution in [1.82, 2.24) is 0 Å². The van der Waals surface area contributed by atoms with Crippen molar-refractivity contribution in [2.45, 2.75) is 13.8 Å². The van der Waals surface area contributed by atoms with Gasteiger partial charge in [0, 0.05) is 25.5 Å². The van der Waals surface area contributed by atoms with E-state index in [0.717, 1.165) is 0 Å². The SMILES string of the molecule is CC(=O)Oc1cc2c(cc1/C=C1\N=C(C)OC1=O)OCO2. The Morgan fingerprint density at radius 1 is 1.33 bits per heavy atom. The van der Waals surface area contributed by atoms with Crippen molar-refractivity contribution in [3.63, 3.8) is 0 Å². The maximum atomic E-state index is 11.6. The summed E-state index contributed by atoms with van der Waals surface area (Å²) in [6.07, 6.45) is 1.47. The number of benzene rings is 1. The van der Waals surface area contributed by atoms with E-state index in [4.69, 9.17) is 18.9 Å². The first-order chi connectivity index (χ1) is 10.0. The van der Waals surface area contributed by atoms with Gasteiger partial charge in [0.1, 0.15) is 5.75 Å². The summed E-state index contributed by atoms with van der Waals surface area (Å²) in [5.74, 6) is 0.459.